The number of aromatic nitrogens is 2. The van der Waals surface area contributed by atoms with E-state index < -0.39 is 29.7 Å². The van der Waals surface area contributed by atoms with E-state index in [1.54, 1.807) is 56.4 Å². The van der Waals surface area contributed by atoms with Crippen LogP contribution in [-0.2, 0) is 23.2 Å². The topological polar surface area (TPSA) is 143 Å². The van der Waals surface area contributed by atoms with Crippen LogP contribution in [0.5, 0.6) is 11.5 Å². The Morgan fingerprint density at radius 1 is 0.889 bits per heavy atom. The van der Waals surface area contributed by atoms with Gasteiger partial charge >= 0.3 is 0 Å². The Kier molecular flexibility index (Phi) is 9.03. The Labute approximate surface area is 311 Å². The number of pyridine rings is 2. The van der Waals surface area contributed by atoms with Gasteiger partial charge in [-0.3, -0.25) is 44.1 Å². The molecule has 8 rings (SSSR count). The van der Waals surface area contributed by atoms with Crippen molar-refractivity contribution < 1.29 is 28.7 Å². The number of rotatable bonds is 9. The van der Waals surface area contributed by atoms with Gasteiger partial charge in [0.05, 0.1) is 36.3 Å². The van der Waals surface area contributed by atoms with E-state index >= 15 is 0 Å². The largest absolute Gasteiger partial charge is 0.496 e. The summed E-state index contributed by atoms with van der Waals surface area (Å²) < 4.78 is 13.4. The van der Waals surface area contributed by atoms with Crippen molar-refractivity contribution in [3.63, 3.8) is 0 Å². The van der Waals surface area contributed by atoms with Crippen LogP contribution >= 0.6 is 0 Å². The van der Waals surface area contributed by atoms with Gasteiger partial charge in [-0.05, 0) is 66.7 Å². The lowest BCUT2D eigenvalue weighted by Crippen LogP contribution is -2.71. The molecular formula is C41H40N6O7. The van der Waals surface area contributed by atoms with E-state index in [-0.39, 0.29) is 29.5 Å². The highest BCUT2D eigenvalue weighted by Crippen LogP contribution is 2.43. The minimum absolute atomic E-state index is 0.0805. The summed E-state index contributed by atoms with van der Waals surface area (Å²) in [4.78, 5) is 72.7. The van der Waals surface area contributed by atoms with E-state index in [4.69, 9.17) is 9.47 Å². The van der Waals surface area contributed by atoms with Crippen LogP contribution in [0.1, 0.15) is 57.5 Å². The predicted molar refractivity (Wildman–Crippen MR) is 199 cm³/mol. The number of carbonyl (C=O) groups excluding carboxylic acids is 4. The van der Waals surface area contributed by atoms with Crippen molar-refractivity contribution in [2.24, 2.45) is 12.5 Å². The van der Waals surface area contributed by atoms with E-state index in [1.807, 2.05) is 24.4 Å². The second-order valence-electron chi connectivity index (χ2n) is 14.7. The fourth-order valence-electron chi connectivity index (χ4n) is 8.44. The number of nitrogens with one attached hydrogen (secondary N) is 1. The number of likely N-dealkylation sites (tertiary alicyclic amines) is 2. The Hall–Kier alpha value is -5.84. The van der Waals surface area contributed by atoms with Crippen LogP contribution in [0, 0.1) is 17.3 Å². The van der Waals surface area contributed by atoms with E-state index in [0.717, 1.165) is 77.6 Å². The molecule has 1 spiro atoms. The number of amides is 4. The van der Waals surface area contributed by atoms with Gasteiger partial charge in [-0.2, -0.15) is 0 Å². The third-order valence-electron chi connectivity index (χ3n) is 11.0. The predicted octanol–water partition coefficient (Wildman–Crippen LogP) is 2.97. The zero-order chi connectivity index (χ0) is 37.7. The first-order valence-electron chi connectivity index (χ1n) is 18.1. The van der Waals surface area contributed by atoms with Gasteiger partial charge in [0.25, 0.3) is 17.4 Å². The highest BCUT2D eigenvalue weighted by atomic mass is 16.5. The number of aryl methyl sites for hydroxylation is 1. The maximum absolute atomic E-state index is 13.1. The summed E-state index contributed by atoms with van der Waals surface area (Å²) >= 11 is 0. The minimum atomic E-state index is -0.988. The normalized spacial score (nSPS) is 19.2. The number of fused-ring (bicyclic) bond motifs is 2. The fraction of sp³-hybridized carbons (Fsp3) is 0.366. The first-order valence-corrected chi connectivity index (χ1v) is 18.1. The molecule has 13 heteroatoms. The molecule has 4 aromatic rings. The summed E-state index contributed by atoms with van der Waals surface area (Å²) in [5, 5.41) is 3.60. The average Bonchev–Trinajstić information content (AvgIpc) is 3.38. The lowest BCUT2D eigenvalue weighted by Gasteiger charge is -2.60. The summed E-state index contributed by atoms with van der Waals surface area (Å²) in [6.07, 6.45) is 6.96. The molecular weight excluding hydrogens is 688 g/mol. The number of carbonyl (C=O) groups is 4. The van der Waals surface area contributed by atoms with Gasteiger partial charge < -0.3 is 18.9 Å². The molecule has 13 nitrogen and oxygen atoms in total. The molecule has 3 saturated heterocycles. The van der Waals surface area contributed by atoms with Crippen molar-refractivity contribution >= 4 is 34.4 Å². The van der Waals surface area contributed by atoms with Gasteiger partial charge in [-0.15, -0.1) is 0 Å². The van der Waals surface area contributed by atoms with Crippen LogP contribution in [0.3, 0.4) is 0 Å². The van der Waals surface area contributed by atoms with Gasteiger partial charge in [0, 0.05) is 87.7 Å². The molecule has 276 valence electrons. The van der Waals surface area contributed by atoms with E-state index in [1.165, 1.54) is 0 Å². The van der Waals surface area contributed by atoms with Crippen LogP contribution in [-0.4, -0.2) is 101 Å². The second-order valence-corrected chi connectivity index (χ2v) is 14.7. The molecule has 4 amide bonds. The summed E-state index contributed by atoms with van der Waals surface area (Å²) in [5.41, 5.74) is 4.12. The van der Waals surface area contributed by atoms with Gasteiger partial charge in [0.15, 0.2) is 0 Å². The SMILES string of the molecule is COc1cc(-c2cn(C)c(=O)c3cnccc23)cc(OC)c1CN1CC2(CN(CCCC#Cc3ccc4c(c3)C(=O)N(C3CCC(=O)NC3=O)C4=O)C2)C1. The standard InChI is InChI=1S/C41H40N6O7/c1-44-19-31(27-12-13-42-18-30(27)38(44)50)26-16-34(53-2)32(35(17-26)54-3)20-46-23-41(24-46)21-45(22-41)14-6-4-5-7-25-8-9-28-29(15-25)40(52)47(39(28)51)33-10-11-36(48)43-37(33)49/h8-9,12-13,15-19,33H,4,6,10-11,14,20-24H2,1-3H3,(H,43,48,49). The van der Waals surface area contributed by atoms with Crippen LogP contribution < -0.4 is 20.3 Å². The molecule has 6 heterocycles. The zero-order valence-corrected chi connectivity index (χ0v) is 30.4. The molecule has 54 heavy (non-hydrogen) atoms. The Morgan fingerprint density at radius 2 is 1.61 bits per heavy atom. The number of unbranched alkanes of at least 4 members (excludes halogenated alkanes) is 1. The molecule has 2 aromatic heterocycles. The molecule has 4 aliphatic rings. The maximum atomic E-state index is 13.1. The monoisotopic (exact) mass is 728 g/mol. The average molecular weight is 729 g/mol. The summed E-state index contributed by atoms with van der Waals surface area (Å²) in [5.74, 6) is 5.73. The van der Waals surface area contributed by atoms with Crippen molar-refractivity contribution in [3.05, 3.63) is 87.6 Å². The van der Waals surface area contributed by atoms with Gasteiger partial charge in [0.1, 0.15) is 17.5 Å². The highest BCUT2D eigenvalue weighted by Gasteiger charge is 2.51. The molecule has 4 aliphatic heterocycles. The van der Waals surface area contributed by atoms with Crippen molar-refractivity contribution in [2.75, 3.05) is 46.9 Å². The number of piperidine rings is 1. The molecule has 1 atom stereocenters. The lowest BCUT2D eigenvalue weighted by atomic mass is 9.72. The number of imide groups is 2. The number of benzene rings is 2. The van der Waals surface area contributed by atoms with Crippen molar-refractivity contribution in [2.45, 2.75) is 38.3 Å². The van der Waals surface area contributed by atoms with Crippen LogP contribution in [0.15, 0.2) is 59.8 Å². The Morgan fingerprint density at radius 3 is 2.33 bits per heavy atom. The summed E-state index contributed by atoms with van der Waals surface area (Å²) in [7, 11) is 5.08. The molecule has 0 radical (unpaired) electrons. The lowest BCUT2D eigenvalue weighted by molar-refractivity contribution is -0.136. The highest BCUT2D eigenvalue weighted by molar-refractivity contribution is 6.23. The quantitative estimate of drug-likeness (QED) is 0.155. The third-order valence-corrected chi connectivity index (χ3v) is 11.0. The number of ether oxygens (including phenoxy) is 2. The molecule has 0 bridgehead atoms. The number of nitrogens with zero attached hydrogens (tertiary/aromatic N) is 5. The summed E-state index contributed by atoms with van der Waals surface area (Å²) in [6.45, 7) is 5.74. The Bertz CT molecular complexity index is 2340. The second kappa shape index (κ2) is 13.9. The molecule has 3 fully saturated rings. The third kappa shape index (κ3) is 6.21. The molecule has 1 N–H and O–H groups in total. The number of hydrogen-bond acceptors (Lipinski definition) is 10. The van der Waals surface area contributed by atoms with Crippen molar-refractivity contribution in [1.82, 2.24) is 29.6 Å². The van der Waals surface area contributed by atoms with Crippen molar-refractivity contribution in [3.8, 4) is 34.5 Å². The molecule has 2 aromatic carbocycles. The van der Waals surface area contributed by atoms with E-state index in [2.05, 4.69) is 31.9 Å². The van der Waals surface area contributed by atoms with E-state index in [9.17, 15) is 24.0 Å². The smallest absolute Gasteiger partial charge is 0.262 e. The zero-order valence-electron chi connectivity index (χ0n) is 30.4. The molecule has 1 unspecified atom stereocenters. The van der Waals surface area contributed by atoms with Crippen LogP contribution in [0.4, 0.5) is 0 Å². The number of hydrogen-bond donors (Lipinski definition) is 1. The fourth-order valence-corrected chi connectivity index (χ4v) is 8.44. The first kappa shape index (κ1) is 35.2. The number of methoxy groups -OCH3 is 2. The van der Waals surface area contributed by atoms with Gasteiger partial charge in [-0.25, -0.2) is 0 Å². The molecule has 0 saturated carbocycles. The van der Waals surface area contributed by atoms with E-state index in [0.29, 0.717) is 29.3 Å². The molecule has 0 aliphatic carbocycles. The first-order chi connectivity index (χ1) is 26.1. The Balaban J connectivity index is 0.831. The van der Waals surface area contributed by atoms with Crippen LogP contribution in [0.25, 0.3) is 21.9 Å². The maximum Gasteiger partial charge on any atom is 0.262 e. The van der Waals surface area contributed by atoms with Gasteiger partial charge in [-0.1, -0.05) is 11.8 Å². The van der Waals surface area contributed by atoms with Crippen LogP contribution in [0.2, 0.25) is 0 Å². The van der Waals surface area contributed by atoms with Crippen molar-refractivity contribution in [1.29, 1.82) is 0 Å². The summed E-state index contributed by atoms with van der Waals surface area (Å²) in [6, 6.07) is 9.83. The van der Waals surface area contributed by atoms with Gasteiger partial charge in [0.2, 0.25) is 11.8 Å². The minimum Gasteiger partial charge on any atom is -0.496 e.